The SMILES string of the molecule is CCc1ccc(-c2ccc3nnc(SCC(=O)Nc4ccc(F)cc4F)n3n2)cc1. The Hall–Kier alpha value is -3.33. The average molecular weight is 425 g/mol. The van der Waals surface area contributed by atoms with E-state index in [0.29, 0.717) is 16.9 Å². The molecule has 0 aliphatic heterocycles. The van der Waals surface area contributed by atoms with E-state index in [-0.39, 0.29) is 11.4 Å². The van der Waals surface area contributed by atoms with Gasteiger partial charge in [0.2, 0.25) is 11.1 Å². The quantitative estimate of drug-likeness (QED) is 0.465. The van der Waals surface area contributed by atoms with Crippen LogP contribution in [0.15, 0.2) is 59.8 Å². The van der Waals surface area contributed by atoms with Crippen LogP contribution < -0.4 is 5.32 Å². The number of aryl methyl sites for hydroxylation is 1. The van der Waals surface area contributed by atoms with E-state index < -0.39 is 17.5 Å². The van der Waals surface area contributed by atoms with Crippen LogP contribution in [0.1, 0.15) is 12.5 Å². The molecule has 30 heavy (non-hydrogen) atoms. The maximum atomic E-state index is 13.7. The molecular weight excluding hydrogens is 408 g/mol. The van der Waals surface area contributed by atoms with Crippen molar-refractivity contribution in [2.75, 3.05) is 11.1 Å². The number of nitrogens with one attached hydrogen (secondary N) is 1. The predicted molar refractivity (Wildman–Crippen MR) is 111 cm³/mol. The molecule has 0 aliphatic carbocycles. The fraction of sp³-hybridized carbons (Fsp3) is 0.143. The van der Waals surface area contributed by atoms with Crippen molar-refractivity contribution < 1.29 is 13.6 Å². The number of halogens is 2. The van der Waals surface area contributed by atoms with Crippen LogP contribution in [0.25, 0.3) is 16.9 Å². The number of fused-ring (bicyclic) bond motifs is 1. The predicted octanol–water partition coefficient (Wildman–Crippen LogP) is 4.36. The van der Waals surface area contributed by atoms with Crippen molar-refractivity contribution in [1.82, 2.24) is 19.8 Å². The molecular formula is C21H17F2N5OS. The molecule has 0 atom stereocenters. The lowest BCUT2D eigenvalue weighted by Gasteiger charge is -2.06. The molecule has 1 amide bonds. The molecule has 4 rings (SSSR count). The molecule has 2 heterocycles. The van der Waals surface area contributed by atoms with Crippen LogP contribution >= 0.6 is 11.8 Å². The Morgan fingerprint density at radius 3 is 2.60 bits per heavy atom. The fourth-order valence-electron chi connectivity index (χ4n) is 2.83. The molecule has 1 N–H and O–H groups in total. The van der Waals surface area contributed by atoms with Crippen molar-refractivity contribution in [3.05, 3.63) is 71.8 Å². The van der Waals surface area contributed by atoms with Crippen LogP contribution in [0.5, 0.6) is 0 Å². The Morgan fingerprint density at radius 2 is 1.87 bits per heavy atom. The molecule has 6 nitrogen and oxygen atoms in total. The van der Waals surface area contributed by atoms with Gasteiger partial charge in [0, 0.05) is 11.6 Å². The van der Waals surface area contributed by atoms with E-state index in [9.17, 15) is 13.6 Å². The van der Waals surface area contributed by atoms with Crippen molar-refractivity contribution in [1.29, 1.82) is 0 Å². The number of benzene rings is 2. The number of carbonyl (C=O) groups excluding carboxylic acids is 1. The summed E-state index contributed by atoms with van der Waals surface area (Å²) in [6.07, 6.45) is 0.961. The van der Waals surface area contributed by atoms with Crippen LogP contribution in [0.3, 0.4) is 0 Å². The second-order valence-electron chi connectivity index (χ2n) is 6.48. The first-order valence-electron chi connectivity index (χ1n) is 9.23. The third-order valence-electron chi connectivity index (χ3n) is 4.43. The zero-order valence-electron chi connectivity index (χ0n) is 16.0. The normalized spacial score (nSPS) is 11.0. The van der Waals surface area contributed by atoms with E-state index in [0.717, 1.165) is 35.5 Å². The lowest BCUT2D eigenvalue weighted by molar-refractivity contribution is -0.113. The number of aromatic nitrogens is 4. The monoisotopic (exact) mass is 425 g/mol. The zero-order valence-corrected chi connectivity index (χ0v) is 16.8. The number of rotatable bonds is 6. The minimum Gasteiger partial charge on any atom is -0.323 e. The molecule has 0 saturated carbocycles. The van der Waals surface area contributed by atoms with Crippen LogP contribution in [-0.4, -0.2) is 31.5 Å². The van der Waals surface area contributed by atoms with Gasteiger partial charge < -0.3 is 5.32 Å². The summed E-state index contributed by atoms with van der Waals surface area (Å²) in [6.45, 7) is 2.10. The van der Waals surface area contributed by atoms with Crippen LogP contribution in [0.2, 0.25) is 0 Å². The highest BCUT2D eigenvalue weighted by molar-refractivity contribution is 7.99. The summed E-state index contributed by atoms with van der Waals surface area (Å²) in [6, 6.07) is 14.8. The third-order valence-corrected chi connectivity index (χ3v) is 5.35. The molecule has 0 saturated heterocycles. The Labute approximate surface area is 175 Å². The minimum absolute atomic E-state index is 0.0330. The average Bonchev–Trinajstić information content (AvgIpc) is 3.16. The minimum atomic E-state index is -0.832. The molecule has 4 aromatic rings. The van der Waals surface area contributed by atoms with Crippen molar-refractivity contribution >= 4 is 29.0 Å². The number of hydrogen-bond acceptors (Lipinski definition) is 5. The van der Waals surface area contributed by atoms with E-state index in [4.69, 9.17) is 0 Å². The number of hydrogen-bond donors (Lipinski definition) is 1. The summed E-state index contributed by atoms with van der Waals surface area (Å²) in [5.74, 6) is -2.02. The zero-order chi connectivity index (χ0) is 21.1. The number of thioether (sulfide) groups is 1. The van der Waals surface area contributed by atoms with Gasteiger partial charge in [-0.2, -0.15) is 9.61 Å². The van der Waals surface area contributed by atoms with E-state index in [1.165, 1.54) is 11.6 Å². The molecule has 9 heteroatoms. The highest BCUT2D eigenvalue weighted by Crippen LogP contribution is 2.22. The Bertz CT molecular complexity index is 1210. The summed E-state index contributed by atoms with van der Waals surface area (Å²) in [5.41, 5.74) is 3.43. The van der Waals surface area contributed by atoms with Crippen LogP contribution in [0, 0.1) is 11.6 Å². The van der Waals surface area contributed by atoms with Gasteiger partial charge in [-0.05, 0) is 36.2 Å². The highest BCUT2D eigenvalue weighted by Gasteiger charge is 2.13. The Morgan fingerprint density at radius 1 is 1.07 bits per heavy atom. The maximum Gasteiger partial charge on any atom is 0.234 e. The smallest absolute Gasteiger partial charge is 0.234 e. The standard InChI is InChI=1S/C21H17F2N5OS/c1-2-13-3-5-14(6-4-13)17-9-10-19-25-26-21(28(19)27-17)30-12-20(29)24-18-8-7-15(22)11-16(18)23/h3-11H,2,12H2,1H3,(H,24,29). The van der Waals surface area contributed by atoms with E-state index >= 15 is 0 Å². The number of anilines is 1. The molecule has 0 spiro atoms. The molecule has 0 fully saturated rings. The van der Waals surface area contributed by atoms with Crippen molar-refractivity contribution in [3.8, 4) is 11.3 Å². The fourth-order valence-corrected chi connectivity index (χ4v) is 3.52. The number of amides is 1. The first kappa shape index (κ1) is 20.0. The largest absolute Gasteiger partial charge is 0.323 e. The van der Waals surface area contributed by atoms with Gasteiger partial charge in [0.15, 0.2) is 5.65 Å². The van der Waals surface area contributed by atoms with Gasteiger partial charge in [-0.1, -0.05) is 43.0 Å². The second kappa shape index (κ2) is 8.58. The molecule has 2 aromatic carbocycles. The molecule has 2 aromatic heterocycles. The maximum absolute atomic E-state index is 13.7. The van der Waals surface area contributed by atoms with Gasteiger partial charge in [-0.25, -0.2) is 8.78 Å². The lowest BCUT2D eigenvalue weighted by Crippen LogP contribution is -2.15. The first-order chi connectivity index (χ1) is 14.5. The van der Waals surface area contributed by atoms with E-state index in [1.54, 1.807) is 10.6 Å². The molecule has 0 unspecified atom stereocenters. The van der Waals surface area contributed by atoms with E-state index in [2.05, 4.69) is 39.7 Å². The Balaban J connectivity index is 1.49. The van der Waals surface area contributed by atoms with Crippen molar-refractivity contribution in [2.45, 2.75) is 18.5 Å². The summed E-state index contributed by atoms with van der Waals surface area (Å²) in [7, 11) is 0. The van der Waals surface area contributed by atoms with Gasteiger partial charge in [-0.15, -0.1) is 10.2 Å². The Kier molecular flexibility index (Phi) is 5.71. The van der Waals surface area contributed by atoms with Crippen molar-refractivity contribution in [3.63, 3.8) is 0 Å². The van der Waals surface area contributed by atoms with E-state index in [1.807, 2.05) is 18.2 Å². The lowest BCUT2D eigenvalue weighted by atomic mass is 10.1. The second-order valence-corrected chi connectivity index (χ2v) is 7.43. The summed E-state index contributed by atoms with van der Waals surface area (Å²) in [5, 5.41) is 15.6. The van der Waals surface area contributed by atoms with Crippen LogP contribution in [0.4, 0.5) is 14.5 Å². The summed E-state index contributed by atoms with van der Waals surface area (Å²) < 4.78 is 28.2. The van der Waals surface area contributed by atoms with Gasteiger partial charge in [0.05, 0.1) is 17.1 Å². The van der Waals surface area contributed by atoms with Gasteiger partial charge >= 0.3 is 0 Å². The third kappa shape index (κ3) is 4.30. The van der Waals surface area contributed by atoms with Crippen LogP contribution in [-0.2, 0) is 11.2 Å². The van der Waals surface area contributed by atoms with Gasteiger partial charge in [-0.3, -0.25) is 4.79 Å². The number of carbonyl (C=O) groups is 1. The summed E-state index contributed by atoms with van der Waals surface area (Å²) in [4.78, 5) is 12.2. The molecule has 152 valence electrons. The molecule has 0 aliphatic rings. The van der Waals surface area contributed by atoms with Crippen molar-refractivity contribution in [2.24, 2.45) is 0 Å². The topological polar surface area (TPSA) is 72.2 Å². The first-order valence-corrected chi connectivity index (χ1v) is 10.2. The number of nitrogens with zero attached hydrogens (tertiary/aromatic N) is 4. The highest BCUT2D eigenvalue weighted by atomic mass is 32.2. The van der Waals surface area contributed by atoms with Gasteiger partial charge in [0.25, 0.3) is 0 Å². The molecule has 0 bridgehead atoms. The molecule has 0 radical (unpaired) electrons. The van der Waals surface area contributed by atoms with Gasteiger partial charge in [0.1, 0.15) is 11.6 Å². The summed E-state index contributed by atoms with van der Waals surface area (Å²) >= 11 is 1.12.